The molecule has 0 amide bonds. The summed E-state index contributed by atoms with van der Waals surface area (Å²) in [5.74, 6) is 0.851. The predicted molar refractivity (Wildman–Crippen MR) is 65.2 cm³/mol. The minimum atomic E-state index is -0.283. The molecular weight excluding hydrogens is 218 g/mol. The number of aliphatic hydroxyl groups is 1. The second-order valence-corrected chi connectivity index (χ2v) is 4.40. The fraction of sp³-hybridized carbons (Fsp3) is 0.538. The van der Waals surface area contributed by atoms with E-state index in [0.29, 0.717) is 19.8 Å². The zero-order valence-corrected chi connectivity index (χ0v) is 10.1. The number of aliphatic hydroxyl groups excluding tert-OH is 1. The van der Waals surface area contributed by atoms with Gasteiger partial charge in [-0.25, -0.2) is 0 Å². The van der Waals surface area contributed by atoms with Crippen molar-refractivity contribution in [1.29, 1.82) is 0 Å². The Morgan fingerprint density at radius 2 is 2.06 bits per heavy atom. The third-order valence-corrected chi connectivity index (χ3v) is 3.37. The minimum absolute atomic E-state index is 0.0312. The van der Waals surface area contributed by atoms with Crippen LogP contribution in [0.25, 0.3) is 0 Å². The van der Waals surface area contributed by atoms with Crippen molar-refractivity contribution in [2.45, 2.75) is 18.4 Å². The normalized spacial score (nSPS) is 19.5. The van der Waals surface area contributed by atoms with Crippen LogP contribution in [-0.2, 0) is 10.2 Å². The summed E-state index contributed by atoms with van der Waals surface area (Å²) in [4.78, 5) is 0. The Morgan fingerprint density at radius 1 is 1.41 bits per heavy atom. The van der Waals surface area contributed by atoms with Crippen molar-refractivity contribution >= 4 is 0 Å². The maximum absolute atomic E-state index is 9.23. The molecule has 1 fully saturated rings. The molecule has 1 saturated heterocycles. The van der Waals surface area contributed by atoms with Gasteiger partial charge in [0.25, 0.3) is 0 Å². The van der Waals surface area contributed by atoms with Gasteiger partial charge in [0.1, 0.15) is 5.75 Å². The van der Waals surface area contributed by atoms with Crippen LogP contribution in [0.4, 0.5) is 0 Å². The molecule has 94 valence electrons. The number of nitrogens with two attached hydrogens (primary N) is 1. The molecule has 2 rings (SSSR count). The lowest BCUT2D eigenvalue weighted by atomic mass is 9.73. The molecule has 17 heavy (non-hydrogen) atoms. The first-order valence-corrected chi connectivity index (χ1v) is 5.90. The maximum atomic E-state index is 9.23. The number of rotatable bonds is 5. The molecule has 0 saturated carbocycles. The van der Waals surface area contributed by atoms with E-state index in [1.165, 1.54) is 0 Å². The molecule has 1 aromatic rings. The lowest BCUT2D eigenvalue weighted by Gasteiger charge is -2.45. The van der Waals surface area contributed by atoms with Crippen LogP contribution in [0.1, 0.15) is 12.5 Å². The second-order valence-electron chi connectivity index (χ2n) is 4.40. The van der Waals surface area contributed by atoms with Crippen LogP contribution in [-0.4, -0.2) is 37.6 Å². The van der Waals surface area contributed by atoms with Gasteiger partial charge in [-0.05, 0) is 24.6 Å². The minimum Gasteiger partial charge on any atom is -0.494 e. The van der Waals surface area contributed by atoms with E-state index in [0.717, 1.165) is 11.3 Å². The molecule has 3 N–H and O–H groups in total. The molecule has 0 spiro atoms. The van der Waals surface area contributed by atoms with Gasteiger partial charge in [0.05, 0.1) is 31.8 Å². The quantitative estimate of drug-likeness (QED) is 0.790. The molecule has 1 atom stereocenters. The summed E-state index contributed by atoms with van der Waals surface area (Å²) in [6.45, 7) is 3.72. The van der Waals surface area contributed by atoms with Crippen molar-refractivity contribution < 1.29 is 14.6 Å². The standard InChI is InChI=1S/C13H19NO3/c1-2-17-11-5-3-10(4-6-11)13(8-16-9-13)12(14)7-15/h3-6,12,15H,2,7-9,14H2,1H3. The van der Waals surface area contributed by atoms with E-state index in [-0.39, 0.29) is 18.1 Å². The fourth-order valence-electron chi connectivity index (χ4n) is 2.14. The molecule has 1 aliphatic rings. The van der Waals surface area contributed by atoms with Crippen molar-refractivity contribution in [3.63, 3.8) is 0 Å². The van der Waals surface area contributed by atoms with E-state index in [1.807, 2.05) is 31.2 Å². The first-order valence-electron chi connectivity index (χ1n) is 5.90. The van der Waals surface area contributed by atoms with Crippen LogP contribution in [0.15, 0.2) is 24.3 Å². The maximum Gasteiger partial charge on any atom is 0.119 e. The Labute approximate surface area is 101 Å². The average molecular weight is 237 g/mol. The zero-order valence-electron chi connectivity index (χ0n) is 10.1. The predicted octanol–water partition coefficient (Wildman–Crippen LogP) is 0.673. The third kappa shape index (κ3) is 2.16. The zero-order chi connectivity index (χ0) is 12.3. The van der Waals surface area contributed by atoms with Crippen LogP contribution in [0.2, 0.25) is 0 Å². The Bertz CT molecular complexity index is 359. The largest absolute Gasteiger partial charge is 0.494 e. The number of benzene rings is 1. The molecule has 4 heteroatoms. The average Bonchev–Trinajstić information content (AvgIpc) is 2.30. The number of hydrogen-bond acceptors (Lipinski definition) is 4. The van der Waals surface area contributed by atoms with Crippen molar-refractivity contribution in [3.8, 4) is 5.75 Å². The summed E-state index contributed by atoms with van der Waals surface area (Å²) >= 11 is 0. The van der Waals surface area contributed by atoms with Crippen LogP contribution >= 0.6 is 0 Å². The summed E-state index contributed by atoms with van der Waals surface area (Å²) in [5.41, 5.74) is 6.85. The SMILES string of the molecule is CCOc1ccc(C2(C(N)CO)COC2)cc1. The van der Waals surface area contributed by atoms with E-state index in [1.54, 1.807) is 0 Å². The first kappa shape index (κ1) is 12.4. The highest BCUT2D eigenvalue weighted by molar-refractivity contribution is 5.35. The Hall–Kier alpha value is -1.10. The van der Waals surface area contributed by atoms with Crippen molar-refractivity contribution in [2.24, 2.45) is 5.73 Å². The molecule has 1 heterocycles. The molecule has 1 aromatic carbocycles. The Balaban J connectivity index is 2.20. The van der Waals surface area contributed by atoms with Gasteiger partial charge in [0.15, 0.2) is 0 Å². The van der Waals surface area contributed by atoms with Crippen LogP contribution in [0.5, 0.6) is 5.75 Å². The van der Waals surface area contributed by atoms with Gasteiger partial charge in [-0.2, -0.15) is 0 Å². The fourth-order valence-corrected chi connectivity index (χ4v) is 2.14. The molecule has 1 aliphatic heterocycles. The molecule has 0 bridgehead atoms. The van der Waals surface area contributed by atoms with Crippen LogP contribution in [0.3, 0.4) is 0 Å². The molecule has 0 radical (unpaired) electrons. The van der Waals surface area contributed by atoms with Gasteiger partial charge in [-0.3, -0.25) is 0 Å². The van der Waals surface area contributed by atoms with Gasteiger partial charge >= 0.3 is 0 Å². The molecular formula is C13H19NO3. The van der Waals surface area contributed by atoms with Crippen LogP contribution in [0, 0.1) is 0 Å². The summed E-state index contributed by atoms with van der Waals surface area (Å²) in [6.07, 6.45) is 0. The van der Waals surface area contributed by atoms with E-state index in [4.69, 9.17) is 15.2 Å². The van der Waals surface area contributed by atoms with Crippen molar-refractivity contribution in [1.82, 2.24) is 0 Å². The lowest BCUT2D eigenvalue weighted by Crippen LogP contribution is -2.60. The third-order valence-electron chi connectivity index (χ3n) is 3.37. The van der Waals surface area contributed by atoms with E-state index in [2.05, 4.69) is 0 Å². The Morgan fingerprint density at radius 3 is 2.47 bits per heavy atom. The van der Waals surface area contributed by atoms with Gasteiger partial charge in [0, 0.05) is 6.04 Å². The van der Waals surface area contributed by atoms with Crippen molar-refractivity contribution in [2.75, 3.05) is 26.4 Å². The summed E-state index contributed by atoms with van der Waals surface area (Å²) in [7, 11) is 0. The van der Waals surface area contributed by atoms with E-state index < -0.39 is 0 Å². The van der Waals surface area contributed by atoms with Gasteiger partial charge in [0.2, 0.25) is 0 Å². The van der Waals surface area contributed by atoms with E-state index >= 15 is 0 Å². The summed E-state index contributed by atoms with van der Waals surface area (Å²) in [6, 6.07) is 7.59. The van der Waals surface area contributed by atoms with Gasteiger partial charge in [-0.1, -0.05) is 12.1 Å². The molecule has 4 nitrogen and oxygen atoms in total. The first-order chi connectivity index (χ1) is 8.23. The number of hydrogen-bond donors (Lipinski definition) is 2. The molecule has 1 unspecified atom stereocenters. The van der Waals surface area contributed by atoms with Crippen molar-refractivity contribution in [3.05, 3.63) is 29.8 Å². The lowest BCUT2D eigenvalue weighted by molar-refractivity contribution is -0.0798. The smallest absolute Gasteiger partial charge is 0.119 e. The summed E-state index contributed by atoms with van der Waals surface area (Å²) < 4.78 is 10.7. The van der Waals surface area contributed by atoms with Crippen LogP contribution < -0.4 is 10.5 Å². The Kier molecular flexibility index (Phi) is 3.66. The topological polar surface area (TPSA) is 64.7 Å². The van der Waals surface area contributed by atoms with Gasteiger partial charge < -0.3 is 20.3 Å². The monoisotopic (exact) mass is 237 g/mol. The second kappa shape index (κ2) is 5.04. The molecule has 0 aliphatic carbocycles. The highest BCUT2D eigenvalue weighted by Crippen LogP contribution is 2.35. The van der Waals surface area contributed by atoms with E-state index in [9.17, 15) is 5.11 Å². The number of ether oxygens (including phenoxy) is 2. The molecule has 0 aromatic heterocycles. The highest BCUT2D eigenvalue weighted by atomic mass is 16.5. The highest BCUT2D eigenvalue weighted by Gasteiger charge is 2.45. The van der Waals surface area contributed by atoms with Gasteiger partial charge in [-0.15, -0.1) is 0 Å². The summed E-state index contributed by atoms with van der Waals surface area (Å²) in [5, 5.41) is 9.23.